The zero-order valence-electron chi connectivity index (χ0n) is 21.5. The summed E-state index contributed by atoms with van der Waals surface area (Å²) >= 11 is 0. The molecule has 2 fully saturated rings. The monoisotopic (exact) mass is 487 g/mol. The van der Waals surface area contributed by atoms with E-state index in [1.165, 1.54) is 28.5 Å². The fourth-order valence-corrected chi connectivity index (χ4v) is 5.35. The van der Waals surface area contributed by atoms with E-state index in [2.05, 4.69) is 32.5 Å². The normalized spacial score (nSPS) is 24.7. The molecule has 10 nitrogen and oxygen atoms in total. The van der Waals surface area contributed by atoms with Gasteiger partial charge in [-0.2, -0.15) is 5.10 Å². The first-order valence-electron chi connectivity index (χ1n) is 13.2. The number of piperazine rings is 1. The summed E-state index contributed by atoms with van der Waals surface area (Å²) in [5.41, 5.74) is -0.504. The molecule has 194 valence electrons. The Balaban J connectivity index is 1.35. The fourth-order valence-electron chi connectivity index (χ4n) is 5.35. The van der Waals surface area contributed by atoms with Crippen molar-refractivity contribution in [2.75, 3.05) is 52.9 Å². The van der Waals surface area contributed by atoms with Gasteiger partial charge in [0, 0.05) is 58.4 Å². The van der Waals surface area contributed by atoms with Gasteiger partial charge in [0.1, 0.15) is 11.2 Å². The molecule has 35 heavy (non-hydrogen) atoms. The number of amides is 3. The minimum absolute atomic E-state index is 0.149. The molecule has 1 aromatic heterocycles. The standard InChI is InChI=1S/C25H41N7O3/c1-4-30-13-15-31(16-14-30)12-11-26-22(33)20-17-21-23(34)29(3)25(2,18-32(21)28-20)24(35)27-19-9-7-5-6-8-10-19/h17,19H,4-16,18H2,1-3H3,(H,26,33)(H,27,35)/t25-/m0/s1. The summed E-state index contributed by atoms with van der Waals surface area (Å²) in [4.78, 5) is 45.5. The molecule has 1 saturated carbocycles. The summed E-state index contributed by atoms with van der Waals surface area (Å²) in [6.07, 6.45) is 6.61. The lowest BCUT2D eigenvalue weighted by molar-refractivity contribution is -0.133. The van der Waals surface area contributed by atoms with Crippen LogP contribution in [0.4, 0.5) is 0 Å². The van der Waals surface area contributed by atoms with E-state index in [1.807, 2.05) is 0 Å². The average molecular weight is 488 g/mol. The number of hydrogen-bond donors (Lipinski definition) is 2. The summed E-state index contributed by atoms with van der Waals surface area (Å²) in [6, 6.07) is 1.69. The third kappa shape index (κ3) is 5.69. The van der Waals surface area contributed by atoms with Crippen LogP contribution in [0.5, 0.6) is 0 Å². The Labute approximate surface area is 208 Å². The van der Waals surface area contributed by atoms with Crippen LogP contribution in [0, 0.1) is 0 Å². The van der Waals surface area contributed by atoms with E-state index in [9.17, 15) is 14.4 Å². The van der Waals surface area contributed by atoms with Crippen molar-refractivity contribution in [2.45, 2.75) is 70.5 Å². The Hall–Kier alpha value is -2.46. The zero-order valence-corrected chi connectivity index (χ0v) is 21.5. The van der Waals surface area contributed by atoms with Crippen LogP contribution in [-0.2, 0) is 11.3 Å². The SMILES string of the molecule is CCN1CCN(CCNC(=O)c2cc3n(n2)C[C@@](C)(C(=O)NC2CCCCCC2)N(C)C3=O)CC1. The number of nitrogens with zero attached hydrogens (tertiary/aromatic N) is 5. The van der Waals surface area contributed by atoms with Crippen LogP contribution in [0.15, 0.2) is 6.07 Å². The Morgan fingerprint density at radius 2 is 1.74 bits per heavy atom. The molecule has 3 amide bonds. The topological polar surface area (TPSA) is 103 Å². The first-order chi connectivity index (χ1) is 16.8. The van der Waals surface area contributed by atoms with Crippen LogP contribution >= 0.6 is 0 Å². The highest BCUT2D eigenvalue weighted by atomic mass is 16.2. The van der Waals surface area contributed by atoms with E-state index < -0.39 is 5.54 Å². The van der Waals surface area contributed by atoms with Gasteiger partial charge in [-0.25, -0.2) is 0 Å². The maximum absolute atomic E-state index is 13.3. The van der Waals surface area contributed by atoms with Crippen molar-refractivity contribution in [1.82, 2.24) is 35.1 Å². The molecule has 0 aromatic carbocycles. The summed E-state index contributed by atoms with van der Waals surface area (Å²) in [5, 5.41) is 10.5. The molecule has 1 aromatic rings. The first kappa shape index (κ1) is 25.6. The number of aromatic nitrogens is 2. The van der Waals surface area contributed by atoms with Crippen LogP contribution in [0.25, 0.3) is 0 Å². The number of hydrogen-bond acceptors (Lipinski definition) is 6. The second-order valence-electron chi connectivity index (χ2n) is 10.4. The lowest BCUT2D eigenvalue weighted by atomic mass is 9.95. The summed E-state index contributed by atoms with van der Waals surface area (Å²) in [7, 11) is 1.66. The molecule has 4 rings (SSSR count). The minimum Gasteiger partial charge on any atom is -0.351 e. The maximum atomic E-state index is 13.3. The Bertz CT molecular complexity index is 916. The Kier molecular flexibility index (Phi) is 8.11. The van der Waals surface area contributed by atoms with Gasteiger partial charge < -0.3 is 20.4 Å². The molecule has 0 radical (unpaired) electrons. The number of likely N-dealkylation sites (N-methyl/N-ethyl adjacent to an activating group) is 2. The molecule has 3 aliphatic rings. The van der Waals surface area contributed by atoms with E-state index in [1.54, 1.807) is 14.0 Å². The van der Waals surface area contributed by atoms with Crippen LogP contribution in [0.1, 0.15) is 73.3 Å². The van der Waals surface area contributed by atoms with Gasteiger partial charge in [-0.1, -0.05) is 32.6 Å². The van der Waals surface area contributed by atoms with Crippen LogP contribution in [0.2, 0.25) is 0 Å². The molecule has 0 bridgehead atoms. The van der Waals surface area contributed by atoms with Gasteiger partial charge in [0.05, 0.1) is 6.54 Å². The van der Waals surface area contributed by atoms with Crippen LogP contribution in [0.3, 0.4) is 0 Å². The third-order valence-corrected chi connectivity index (χ3v) is 8.04. The number of fused-ring (bicyclic) bond motifs is 1. The second kappa shape index (κ2) is 11.1. The highest BCUT2D eigenvalue weighted by molar-refractivity contribution is 6.01. The molecule has 0 spiro atoms. The highest BCUT2D eigenvalue weighted by Crippen LogP contribution is 2.27. The van der Waals surface area contributed by atoms with E-state index in [0.29, 0.717) is 12.2 Å². The van der Waals surface area contributed by atoms with E-state index in [4.69, 9.17) is 0 Å². The Morgan fingerprint density at radius 3 is 2.40 bits per heavy atom. The molecule has 2 aliphatic heterocycles. The fraction of sp³-hybridized carbons (Fsp3) is 0.760. The van der Waals surface area contributed by atoms with E-state index in [-0.39, 0.29) is 36.0 Å². The van der Waals surface area contributed by atoms with E-state index >= 15 is 0 Å². The highest BCUT2D eigenvalue weighted by Gasteiger charge is 2.46. The quantitative estimate of drug-likeness (QED) is 0.555. The zero-order chi connectivity index (χ0) is 25.0. The predicted octanol–water partition coefficient (Wildman–Crippen LogP) is 0.934. The number of carbonyl (C=O) groups is 3. The molecule has 1 saturated heterocycles. The van der Waals surface area contributed by atoms with Gasteiger partial charge in [0.2, 0.25) is 5.91 Å². The molecule has 1 atom stereocenters. The molecule has 2 N–H and O–H groups in total. The van der Waals surface area contributed by atoms with Crippen molar-refractivity contribution in [2.24, 2.45) is 0 Å². The number of nitrogens with one attached hydrogen (secondary N) is 2. The molecular weight excluding hydrogens is 446 g/mol. The second-order valence-corrected chi connectivity index (χ2v) is 10.4. The van der Waals surface area contributed by atoms with Crippen molar-refractivity contribution in [3.8, 4) is 0 Å². The van der Waals surface area contributed by atoms with Crippen LogP contribution in [-0.4, -0.2) is 107 Å². The summed E-state index contributed by atoms with van der Waals surface area (Å²) < 4.78 is 1.52. The molecular formula is C25H41N7O3. The van der Waals surface area contributed by atoms with Crippen molar-refractivity contribution < 1.29 is 14.4 Å². The van der Waals surface area contributed by atoms with Crippen molar-refractivity contribution >= 4 is 17.7 Å². The number of rotatable bonds is 7. The van der Waals surface area contributed by atoms with Gasteiger partial charge in [0.25, 0.3) is 11.8 Å². The summed E-state index contributed by atoms with van der Waals surface area (Å²) in [6.45, 7) is 10.7. The molecule has 3 heterocycles. The first-order valence-corrected chi connectivity index (χ1v) is 13.2. The average Bonchev–Trinajstić information content (AvgIpc) is 3.11. The third-order valence-electron chi connectivity index (χ3n) is 8.04. The van der Waals surface area contributed by atoms with Gasteiger partial charge in [-0.3, -0.25) is 24.0 Å². The van der Waals surface area contributed by atoms with Crippen LogP contribution < -0.4 is 10.6 Å². The molecule has 0 unspecified atom stereocenters. The molecule has 1 aliphatic carbocycles. The van der Waals surface area contributed by atoms with Gasteiger partial charge in [-0.15, -0.1) is 0 Å². The van der Waals surface area contributed by atoms with Crippen molar-refractivity contribution in [3.63, 3.8) is 0 Å². The van der Waals surface area contributed by atoms with Gasteiger partial charge >= 0.3 is 0 Å². The lowest BCUT2D eigenvalue weighted by Crippen LogP contribution is -2.63. The largest absolute Gasteiger partial charge is 0.351 e. The molecule has 10 heteroatoms. The van der Waals surface area contributed by atoms with E-state index in [0.717, 1.165) is 65.0 Å². The minimum atomic E-state index is -1.06. The van der Waals surface area contributed by atoms with Crippen molar-refractivity contribution in [3.05, 3.63) is 17.5 Å². The van der Waals surface area contributed by atoms with Crippen molar-refractivity contribution in [1.29, 1.82) is 0 Å². The summed E-state index contributed by atoms with van der Waals surface area (Å²) in [5.74, 6) is -0.746. The maximum Gasteiger partial charge on any atom is 0.272 e. The number of carbonyl (C=O) groups excluding carboxylic acids is 3. The Morgan fingerprint density at radius 1 is 1.09 bits per heavy atom. The van der Waals surface area contributed by atoms with Gasteiger partial charge in [-0.05, 0) is 26.3 Å². The lowest BCUT2D eigenvalue weighted by Gasteiger charge is -2.41. The predicted molar refractivity (Wildman–Crippen MR) is 133 cm³/mol. The van der Waals surface area contributed by atoms with Gasteiger partial charge in [0.15, 0.2) is 5.69 Å². The smallest absolute Gasteiger partial charge is 0.272 e.